The van der Waals surface area contributed by atoms with Gasteiger partial charge < -0.3 is 55.1 Å². The zero-order valence-electron chi connectivity index (χ0n) is 25.2. The van der Waals surface area contributed by atoms with E-state index in [1.807, 2.05) is 0 Å². The van der Waals surface area contributed by atoms with Crippen LogP contribution in [0.25, 0.3) is 0 Å². The van der Waals surface area contributed by atoms with E-state index in [4.69, 9.17) is 14.2 Å². The van der Waals surface area contributed by atoms with Crippen molar-refractivity contribution in [2.75, 3.05) is 19.8 Å². The smallest absolute Gasteiger partial charge is 0.308 e. The standard InChI is InChI=1S/C30H56O12/c1-2-3-4-5-6-7-8-9-10-11-12-13-14-15-16-17-23(34)42-30(28(39)26(37)24(35)21(18-31)41-30)29(20-33)27(38)25(36)22(19-32)40-29/h21-22,24-28,31-33,35-39H,2-20H2,1H3/t21-,22-,24-,25-,26+,27+,28-,29+,30+/m1/s1. The first kappa shape index (κ1) is 37.3. The van der Waals surface area contributed by atoms with E-state index in [9.17, 15) is 45.6 Å². The van der Waals surface area contributed by atoms with Gasteiger partial charge in [-0.05, 0) is 6.42 Å². The molecule has 248 valence electrons. The highest BCUT2D eigenvalue weighted by atomic mass is 16.8. The zero-order chi connectivity index (χ0) is 31.2. The maximum absolute atomic E-state index is 13.0. The third-order valence-corrected chi connectivity index (χ3v) is 8.75. The Kier molecular flexibility index (Phi) is 16.7. The van der Waals surface area contributed by atoms with E-state index in [1.165, 1.54) is 64.2 Å². The van der Waals surface area contributed by atoms with E-state index in [0.717, 1.165) is 25.7 Å². The van der Waals surface area contributed by atoms with Crippen LogP contribution in [-0.4, -0.2) is 121 Å². The van der Waals surface area contributed by atoms with E-state index in [2.05, 4.69) is 6.92 Å². The Morgan fingerprint density at radius 2 is 1.07 bits per heavy atom. The van der Waals surface area contributed by atoms with Gasteiger partial charge in [0.1, 0.15) is 36.6 Å². The second kappa shape index (κ2) is 18.8. The summed E-state index contributed by atoms with van der Waals surface area (Å²) in [4.78, 5) is 13.0. The molecule has 12 heteroatoms. The number of aliphatic hydroxyl groups excluding tert-OH is 8. The predicted octanol–water partition coefficient (Wildman–Crippen LogP) is 0.805. The molecule has 0 aromatic rings. The van der Waals surface area contributed by atoms with Crippen LogP contribution >= 0.6 is 0 Å². The van der Waals surface area contributed by atoms with Crippen LogP contribution in [0.3, 0.4) is 0 Å². The predicted molar refractivity (Wildman–Crippen MR) is 152 cm³/mol. The van der Waals surface area contributed by atoms with Crippen LogP contribution in [-0.2, 0) is 19.0 Å². The molecule has 0 amide bonds. The average molecular weight is 609 g/mol. The van der Waals surface area contributed by atoms with Gasteiger partial charge in [-0.3, -0.25) is 4.79 Å². The quantitative estimate of drug-likeness (QED) is 0.0673. The third kappa shape index (κ3) is 9.06. The van der Waals surface area contributed by atoms with Crippen LogP contribution in [0.1, 0.15) is 110 Å². The fourth-order valence-corrected chi connectivity index (χ4v) is 6.09. The largest absolute Gasteiger partial charge is 0.427 e. The fraction of sp³-hybridized carbons (Fsp3) is 0.967. The Labute approximate surface area is 249 Å². The lowest BCUT2D eigenvalue weighted by atomic mass is 9.78. The van der Waals surface area contributed by atoms with Crippen molar-refractivity contribution in [3.8, 4) is 0 Å². The monoisotopic (exact) mass is 608 g/mol. The molecule has 0 aromatic heterocycles. The van der Waals surface area contributed by atoms with E-state index < -0.39 is 79.9 Å². The zero-order valence-corrected chi connectivity index (χ0v) is 25.2. The minimum atomic E-state index is -2.83. The van der Waals surface area contributed by atoms with Gasteiger partial charge in [-0.15, -0.1) is 0 Å². The fourth-order valence-electron chi connectivity index (χ4n) is 6.09. The van der Waals surface area contributed by atoms with Crippen LogP contribution in [0.5, 0.6) is 0 Å². The van der Waals surface area contributed by atoms with Crippen LogP contribution in [0.15, 0.2) is 0 Å². The minimum absolute atomic E-state index is 0.123. The molecule has 2 aliphatic heterocycles. The number of hydrogen-bond donors (Lipinski definition) is 8. The summed E-state index contributed by atoms with van der Waals surface area (Å²) in [6, 6.07) is 0. The number of carbonyl (C=O) groups is 1. The maximum Gasteiger partial charge on any atom is 0.308 e. The van der Waals surface area contributed by atoms with E-state index in [1.54, 1.807) is 0 Å². The molecular weight excluding hydrogens is 552 g/mol. The summed E-state index contributed by atoms with van der Waals surface area (Å²) < 4.78 is 16.7. The van der Waals surface area contributed by atoms with Crippen molar-refractivity contribution >= 4 is 5.97 Å². The molecule has 2 fully saturated rings. The third-order valence-electron chi connectivity index (χ3n) is 8.75. The van der Waals surface area contributed by atoms with Crippen molar-refractivity contribution in [1.29, 1.82) is 0 Å². The lowest BCUT2D eigenvalue weighted by molar-refractivity contribution is -0.415. The molecule has 0 radical (unpaired) electrons. The van der Waals surface area contributed by atoms with Gasteiger partial charge in [0.25, 0.3) is 5.79 Å². The van der Waals surface area contributed by atoms with Gasteiger partial charge in [-0.1, -0.05) is 96.8 Å². The Hall–Kier alpha value is -0.930. The highest BCUT2D eigenvalue weighted by molar-refractivity contribution is 5.70. The second-order valence-corrected chi connectivity index (χ2v) is 11.9. The molecule has 0 unspecified atom stereocenters. The van der Waals surface area contributed by atoms with Gasteiger partial charge >= 0.3 is 5.97 Å². The molecule has 2 heterocycles. The first-order chi connectivity index (χ1) is 20.2. The summed E-state index contributed by atoms with van der Waals surface area (Å²) >= 11 is 0. The number of carbonyl (C=O) groups excluding carboxylic acids is 1. The molecule has 8 N–H and O–H groups in total. The van der Waals surface area contributed by atoms with Crippen LogP contribution < -0.4 is 0 Å². The molecule has 0 saturated carbocycles. The SMILES string of the molecule is CCCCCCCCCCCCCCCCCC(=O)O[C@@]1([C@@]2(CO)O[C@H](CO)[C@@H](O)[C@@H]2O)O[C@H](CO)[C@@H](O)[C@H](O)[C@H]1O. The molecule has 0 aliphatic carbocycles. The summed E-state index contributed by atoms with van der Waals surface area (Å²) in [6.07, 6.45) is 4.05. The van der Waals surface area contributed by atoms with Crippen LogP contribution in [0.2, 0.25) is 0 Å². The highest BCUT2D eigenvalue weighted by Gasteiger charge is 2.74. The molecule has 2 saturated heterocycles. The molecular formula is C30H56O12. The van der Waals surface area contributed by atoms with Crippen molar-refractivity contribution in [2.24, 2.45) is 0 Å². The number of hydrogen-bond acceptors (Lipinski definition) is 12. The first-order valence-electron chi connectivity index (χ1n) is 16.0. The Morgan fingerprint density at radius 3 is 1.50 bits per heavy atom. The Bertz CT molecular complexity index is 754. The van der Waals surface area contributed by atoms with Crippen molar-refractivity contribution in [3.63, 3.8) is 0 Å². The number of aliphatic hydroxyl groups is 8. The Morgan fingerprint density at radius 1 is 0.619 bits per heavy atom. The highest BCUT2D eigenvalue weighted by Crippen LogP contribution is 2.48. The normalized spacial score (nSPS) is 35.0. The molecule has 2 aliphatic rings. The lowest BCUT2D eigenvalue weighted by Crippen LogP contribution is -2.78. The number of ether oxygens (including phenoxy) is 3. The van der Waals surface area contributed by atoms with Crippen LogP contribution in [0.4, 0.5) is 0 Å². The average Bonchev–Trinajstić information content (AvgIpc) is 3.25. The van der Waals surface area contributed by atoms with Crippen molar-refractivity contribution in [3.05, 3.63) is 0 Å². The minimum Gasteiger partial charge on any atom is -0.427 e. The van der Waals surface area contributed by atoms with E-state index in [-0.39, 0.29) is 6.42 Å². The second-order valence-electron chi connectivity index (χ2n) is 11.9. The topological polar surface area (TPSA) is 207 Å². The van der Waals surface area contributed by atoms with Gasteiger partial charge in [0.15, 0.2) is 11.7 Å². The molecule has 42 heavy (non-hydrogen) atoms. The summed E-state index contributed by atoms with van der Waals surface area (Å²) in [5.74, 6) is -3.74. The molecule has 0 spiro atoms. The number of rotatable bonds is 21. The van der Waals surface area contributed by atoms with Crippen LogP contribution in [0, 0.1) is 0 Å². The first-order valence-corrected chi connectivity index (χ1v) is 16.0. The molecule has 0 bridgehead atoms. The van der Waals surface area contributed by atoms with E-state index in [0.29, 0.717) is 6.42 Å². The van der Waals surface area contributed by atoms with Gasteiger partial charge in [-0.25, -0.2) is 0 Å². The lowest BCUT2D eigenvalue weighted by Gasteiger charge is -2.54. The molecule has 12 nitrogen and oxygen atoms in total. The number of esters is 1. The summed E-state index contributed by atoms with van der Waals surface area (Å²) in [5.41, 5.74) is -2.56. The maximum atomic E-state index is 13.0. The van der Waals surface area contributed by atoms with E-state index >= 15 is 0 Å². The van der Waals surface area contributed by atoms with Crippen molar-refractivity contribution in [2.45, 2.75) is 164 Å². The summed E-state index contributed by atoms with van der Waals surface area (Å²) in [6.45, 7) is -0.626. The molecule has 2 rings (SSSR count). The van der Waals surface area contributed by atoms with Gasteiger partial charge in [-0.2, -0.15) is 0 Å². The van der Waals surface area contributed by atoms with Crippen molar-refractivity contribution < 1.29 is 59.9 Å². The molecule has 9 atom stereocenters. The Balaban J connectivity index is 1.87. The summed E-state index contributed by atoms with van der Waals surface area (Å²) in [5, 5.41) is 82.7. The van der Waals surface area contributed by atoms with Gasteiger partial charge in [0.05, 0.1) is 19.8 Å². The van der Waals surface area contributed by atoms with Gasteiger partial charge in [0.2, 0.25) is 0 Å². The number of unbranched alkanes of at least 4 members (excludes halogenated alkanes) is 14. The van der Waals surface area contributed by atoms with Crippen molar-refractivity contribution in [1.82, 2.24) is 0 Å². The van der Waals surface area contributed by atoms with Gasteiger partial charge in [0, 0.05) is 6.42 Å². The summed E-state index contributed by atoms with van der Waals surface area (Å²) in [7, 11) is 0. The molecule has 0 aromatic carbocycles.